The number of nitrogens with zero attached hydrogens (tertiary/aromatic N) is 1. The van der Waals surface area contributed by atoms with E-state index >= 15 is 0 Å². The van der Waals surface area contributed by atoms with Crippen LogP contribution in [0.3, 0.4) is 0 Å². The molecule has 6 nitrogen and oxygen atoms in total. The van der Waals surface area contributed by atoms with Crippen molar-refractivity contribution in [1.29, 1.82) is 0 Å². The lowest BCUT2D eigenvalue weighted by molar-refractivity contribution is 0.353. The normalized spacial score (nSPS) is 11.4. The number of methoxy groups -OCH3 is 3. The second-order valence-corrected chi connectivity index (χ2v) is 8.19. The quantitative estimate of drug-likeness (QED) is 0.675. The van der Waals surface area contributed by atoms with Crippen LogP contribution in [-0.2, 0) is 16.6 Å². The monoisotopic (exact) mass is 429 g/mol. The average molecular weight is 430 g/mol. The summed E-state index contributed by atoms with van der Waals surface area (Å²) in [4.78, 5) is 0.126. The van der Waals surface area contributed by atoms with Gasteiger partial charge in [-0.25, -0.2) is 8.42 Å². The molecule has 0 aliphatic carbocycles. The van der Waals surface area contributed by atoms with Gasteiger partial charge in [0.25, 0.3) is 0 Å². The van der Waals surface area contributed by atoms with Crippen molar-refractivity contribution in [2.75, 3.05) is 28.4 Å². The maximum Gasteiger partial charge on any atom is 0.243 e. The van der Waals surface area contributed by atoms with Gasteiger partial charge in [-0.15, -0.1) is 0 Å². The summed E-state index contributed by atoms with van der Waals surface area (Å²) in [6, 6.07) is 9.97. The van der Waals surface area contributed by atoms with E-state index in [9.17, 15) is 8.42 Å². The van der Waals surface area contributed by atoms with Gasteiger partial charge in [0.05, 0.1) is 26.2 Å². The maximum atomic E-state index is 12.9. The van der Waals surface area contributed by atoms with E-state index in [0.29, 0.717) is 17.2 Å². The van der Waals surface area contributed by atoms with E-state index in [2.05, 4.69) is 15.9 Å². The summed E-state index contributed by atoms with van der Waals surface area (Å²) in [7, 11) is 2.33. The molecule has 0 atom stereocenters. The van der Waals surface area contributed by atoms with Crippen molar-refractivity contribution in [2.45, 2.75) is 11.4 Å². The van der Waals surface area contributed by atoms with Crippen molar-refractivity contribution >= 4 is 26.0 Å². The minimum Gasteiger partial charge on any atom is -0.496 e. The molecule has 0 aliphatic rings. The lowest BCUT2D eigenvalue weighted by atomic mass is 10.2. The number of halogens is 1. The predicted octanol–water partition coefficient (Wildman–Crippen LogP) is 3.30. The van der Waals surface area contributed by atoms with Crippen LogP contribution in [0.25, 0.3) is 0 Å². The first kappa shape index (κ1) is 19.6. The molecule has 0 amide bonds. The molecule has 0 aromatic heterocycles. The van der Waals surface area contributed by atoms with Crippen LogP contribution >= 0.6 is 15.9 Å². The van der Waals surface area contributed by atoms with E-state index in [1.807, 2.05) is 12.1 Å². The number of rotatable bonds is 7. The summed E-state index contributed by atoms with van der Waals surface area (Å²) in [6.45, 7) is 0.166. The summed E-state index contributed by atoms with van der Waals surface area (Å²) >= 11 is 3.39. The first-order valence-electron chi connectivity index (χ1n) is 7.34. The largest absolute Gasteiger partial charge is 0.496 e. The molecule has 0 bridgehead atoms. The summed E-state index contributed by atoms with van der Waals surface area (Å²) in [5.74, 6) is 1.45. The Morgan fingerprint density at radius 2 is 1.52 bits per heavy atom. The van der Waals surface area contributed by atoms with E-state index < -0.39 is 10.0 Å². The highest BCUT2D eigenvalue weighted by Gasteiger charge is 2.23. The van der Waals surface area contributed by atoms with Crippen LogP contribution in [0.15, 0.2) is 45.8 Å². The van der Waals surface area contributed by atoms with Crippen molar-refractivity contribution < 1.29 is 22.6 Å². The van der Waals surface area contributed by atoms with E-state index in [-0.39, 0.29) is 11.4 Å². The molecule has 25 heavy (non-hydrogen) atoms. The zero-order chi connectivity index (χ0) is 18.6. The molecule has 0 N–H and O–H groups in total. The Bertz CT molecular complexity index is 854. The maximum absolute atomic E-state index is 12.9. The minimum absolute atomic E-state index is 0.126. The molecule has 0 heterocycles. The van der Waals surface area contributed by atoms with E-state index in [4.69, 9.17) is 14.2 Å². The first-order chi connectivity index (χ1) is 11.8. The van der Waals surface area contributed by atoms with Crippen molar-refractivity contribution in [2.24, 2.45) is 0 Å². The molecule has 2 aromatic rings. The van der Waals surface area contributed by atoms with Gasteiger partial charge in [-0.2, -0.15) is 4.31 Å². The van der Waals surface area contributed by atoms with Crippen LogP contribution in [0.4, 0.5) is 0 Å². The van der Waals surface area contributed by atoms with Gasteiger partial charge in [-0.3, -0.25) is 0 Å². The zero-order valence-corrected chi connectivity index (χ0v) is 16.8. The van der Waals surface area contributed by atoms with Crippen molar-refractivity contribution in [3.05, 3.63) is 46.4 Å². The number of sulfonamides is 1. The van der Waals surface area contributed by atoms with Gasteiger partial charge < -0.3 is 14.2 Å². The third kappa shape index (κ3) is 4.26. The number of hydrogen-bond acceptors (Lipinski definition) is 5. The van der Waals surface area contributed by atoms with E-state index in [1.165, 1.54) is 37.7 Å². The van der Waals surface area contributed by atoms with Crippen molar-refractivity contribution in [3.63, 3.8) is 0 Å². The van der Waals surface area contributed by atoms with E-state index in [1.54, 1.807) is 19.2 Å². The Labute approximate surface area is 156 Å². The van der Waals surface area contributed by atoms with Crippen LogP contribution in [0, 0.1) is 0 Å². The van der Waals surface area contributed by atoms with Gasteiger partial charge in [0.15, 0.2) is 11.5 Å². The predicted molar refractivity (Wildman–Crippen MR) is 98.9 cm³/mol. The Hall–Kier alpha value is -1.77. The second kappa shape index (κ2) is 8.07. The lowest BCUT2D eigenvalue weighted by Gasteiger charge is -2.19. The molecule has 2 rings (SSSR count). The van der Waals surface area contributed by atoms with Crippen LogP contribution < -0.4 is 14.2 Å². The van der Waals surface area contributed by atoms with Gasteiger partial charge in [0.1, 0.15) is 5.75 Å². The van der Waals surface area contributed by atoms with Gasteiger partial charge in [0.2, 0.25) is 10.0 Å². The molecule has 0 unspecified atom stereocenters. The highest BCUT2D eigenvalue weighted by molar-refractivity contribution is 9.10. The van der Waals surface area contributed by atoms with Crippen LogP contribution in [0.5, 0.6) is 17.2 Å². The Balaban J connectivity index is 2.35. The van der Waals surface area contributed by atoms with E-state index in [0.717, 1.165) is 10.0 Å². The van der Waals surface area contributed by atoms with Gasteiger partial charge in [-0.05, 0) is 30.3 Å². The molecular formula is C17H20BrNO5S. The fourth-order valence-corrected chi connectivity index (χ4v) is 3.93. The average Bonchev–Trinajstić information content (AvgIpc) is 2.61. The van der Waals surface area contributed by atoms with Crippen molar-refractivity contribution in [3.8, 4) is 17.2 Å². The van der Waals surface area contributed by atoms with Crippen LogP contribution in [-0.4, -0.2) is 41.1 Å². The minimum atomic E-state index is -3.71. The zero-order valence-electron chi connectivity index (χ0n) is 14.4. The summed E-state index contributed by atoms with van der Waals surface area (Å²) in [6.07, 6.45) is 0. The third-order valence-corrected chi connectivity index (χ3v) is 5.99. The molecule has 8 heteroatoms. The fraction of sp³-hybridized carbons (Fsp3) is 0.294. The lowest BCUT2D eigenvalue weighted by Crippen LogP contribution is -2.26. The van der Waals surface area contributed by atoms with Gasteiger partial charge in [-0.1, -0.05) is 15.9 Å². The molecule has 0 saturated carbocycles. The Morgan fingerprint density at radius 3 is 2.12 bits per heavy atom. The molecule has 0 saturated heterocycles. The van der Waals surface area contributed by atoms with Crippen LogP contribution in [0.1, 0.15) is 5.56 Å². The topological polar surface area (TPSA) is 65.1 Å². The van der Waals surface area contributed by atoms with Gasteiger partial charge in [0, 0.05) is 29.7 Å². The molecule has 136 valence electrons. The standard InChI is InChI=1S/C17H20BrNO5S/c1-19(11-12-9-13(18)5-7-15(12)22-2)25(20,21)14-6-8-16(23-3)17(10-14)24-4/h5-10H,11H2,1-4H3. The Kier molecular flexibility index (Phi) is 6.31. The second-order valence-electron chi connectivity index (χ2n) is 5.23. The van der Waals surface area contributed by atoms with Crippen molar-refractivity contribution in [1.82, 2.24) is 4.31 Å². The highest BCUT2D eigenvalue weighted by atomic mass is 79.9. The first-order valence-corrected chi connectivity index (χ1v) is 9.57. The van der Waals surface area contributed by atoms with Crippen LogP contribution in [0.2, 0.25) is 0 Å². The Morgan fingerprint density at radius 1 is 0.920 bits per heavy atom. The summed E-state index contributed by atoms with van der Waals surface area (Å²) in [5.41, 5.74) is 0.753. The molecule has 0 spiro atoms. The molecule has 0 aliphatic heterocycles. The number of benzene rings is 2. The summed E-state index contributed by atoms with van der Waals surface area (Å²) in [5, 5.41) is 0. The molecule has 2 aromatic carbocycles. The number of ether oxygens (including phenoxy) is 3. The highest BCUT2D eigenvalue weighted by Crippen LogP contribution is 2.31. The summed E-state index contributed by atoms with van der Waals surface area (Å²) < 4.78 is 43.5. The molecule has 0 radical (unpaired) electrons. The molecular weight excluding hydrogens is 410 g/mol. The number of hydrogen-bond donors (Lipinski definition) is 0. The van der Waals surface area contributed by atoms with Gasteiger partial charge >= 0.3 is 0 Å². The molecule has 0 fully saturated rings. The smallest absolute Gasteiger partial charge is 0.243 e. The SMILES string of the molecule is COc1ccc(Br)cc1CN(C)S(=O)(=O)c1ccc(OC)c(OC)c1. The fourth-order valence-electron chi connectivity index (χ4n) is 2.35. The third-order valence-electron chi connectivity index (χ3n) is 3.70.